The van der Waals surface area contributed by atoms with Crippen LogP contribution in [0.5, 0.6) is 0 Å². The summed E-state index contributed by atoms with van der Waals surface area (Å²) in [6.45, 7) is 5.91. The average molecular weight is 663 g/mol. The highest BCUT2D eigenvalue weighted by atomic mass is 32.1. The van der Waals surface area contributed by atoms with Gasteiger partial charge in [-0.05, 0) is 47.9 Å². The van der Waals surface area contributed by atoms with Crippen LogP contribution in [-0.2, 0) is 13.1 Å². The smallest absolute Gasteiger partial charge is 0.259 e. The Labute approximate surface area is 285 Å². The van der Waals surface area contributed by atoms with Gasteiger partial charge >= 0.3 is 0 Å². The Morgan fingerprint density at radius 1 is 0.478 bits per heavy atom. The summed E-state index contributed by atoms with van der Waals surface area (Å²) in [6, 6.07) is 12.2. The van der Waals surface area contributed by atoms with E-state index in [0.29, 0.717) is 23.9 Å². The number of thiophene rings is 2. The summed E-state index contributed by atoms with van der Waals surface area (Å²) in [4.78, 5) is 30.5. The van der Waals surface area contributed by atoms with Gasteiger partial charge in [0.25, 0.3) is 11.1 Å². The molecule has 4 aromatic heterocycles. The van der Waals surface area contributed by atoms with Crippen LogP contribution < -0.4 is 11.1 Å². The van der Waals surface area contributed by atoms with Gasteiger partial charge in [0.05, 0.1) is 31.9 Å². The van der Waals surface area contributed by atoms with Crippen molar-refractivity contribution in [1.82, 2.24) is 9.13 Å². The van der Waals surface area contributed by atoms with Crippen LogP contribution in [0.3, 0.4) is 0 Å². The van der Waals surface area contributed by atoms with Crippen molar-refractivity contribution in [2.45, 2.75) is 155 Å². The molecule has 0 aliphatic rings. The zero-order valence-electron chi connectivity index (χ0n) is 28.7. The van der Waals surface area contributed by atoms with Crippen LogP contribution in [0.15, 0.2) is 56.7 Å². The average Bonchev–Trinajstić information content (AvgIpc) is 3.80. The van der Waals surface area contributed by atoms with Crippen LogP contribution in [0.1, 0.15) is 142 Å². The summed E-state index contributed by atoms with van der Waals surface area (Å²) < 4.78 is 3.90. The van der Waals surface area contributed by atoms with Gasteiger partial charge in [-0.1, -0.05) is 142 Å². The number of unbranched alkanes of at least 4 members (excludes halogenated alkanes) is 18. The molecule has 4 heterocycles. The molecule has 0 saturated carbocycles. The molecule has 46 heavy (non-hydrogen) atoms. The Morgan fingerprint density at radius 3 is 1.11 bits per heavy atom. The van der Waals surface area contributed by atoms with Gasteiger partial charge in [-0.25, -0.2) is 0 Å². The summed E-state index contributed by atoms with van der Waals surface area (Å²) in [5.41, 5.74) is 1.71. The van der Waals surface area contributed by atoms with Gasteiger partial charge < -0.3 is 9.13 Å². The van der Waals surface area contributed by atoms with Gasteiger partial charge in [-0.15, -0.1) is 22.7 Å². The van der Waals surface area contributed by atoms with Crippen molar-refractivity contribution in [3.8, 4) is 21.1 Å². The second kappa shape index (κ2) is 20.7. The maximum atomic E-state index is 14.2. The first kappa shape index (κ1) is 36.4. The third-order valence-electron chi connectivity index (χ3n) is 9.40. The first-order valence-electron chi connectivity index (χ1n) is 18.5. The fourth-order valence-corrected chi connectivity index (χ4v) is 8.17. The lowest BCUT2D eigenvalue weighted by Crippen LogP contribution is -2.28. The minimum Gasteiger partial charge on any atom is -0.307 e. The van der Waals surface area contributed by atoms with Crippen LogP contribution in [0.25, 0.3) is 31.9 Å². The molecule has 0 amide bonds. The number of rotatable bonds is 24. The van der Waals surface area contributed by atoms with E-state index >= 15 is 0 Å². The van der Waals surface area contributed by atoms with E-state index < -0.39 is 0 Å². The fraction of sp³-hybridized carbons (Fsp3) is 0.600. The second-order valence-electron chi connectivity index (χ2n) is 13.1. The molecular weight excluding hydrogens is 605 g/mol. The summed E-state index contributed by atoms with van der Waals surface area (Å²) in [5, 5.41) is 5.22. The molecule has 4 rings (SSSR count). The molecule has 252 valence electrons. The highest BCUT2D eigenvalue weighted by molar-refractivity contribution is 7.13. The maximum absolute atomic E-state index is 14.2. The first-order valence-corrected chi connectivity index (χ1v) is 20.3. The number of aromatic nitrogens is 2. The molecule has 0 aliphatic heterocycles. The molecule has 4 aromatic rings. The summed E-state index contributed by atoms with van der Waals surface area (Å²) in [7, 11) is 0. The number of fused-ring (bicyclic) bond motifs is 1. The minimum absolute atomic E-state index is 0.0298. The van der Waals surface area contributed by atoms with E-state index in [-0.39, 0.29) is 11.1 Å². The topological polar surface area (TPSA) is 44.0 Å². The number of hydrogen-bond acceptors (Lipinski definition) is 4. The van der Waals surface area contributed by atoms with E-state index in [2.05, 4.69) is 36.7 Å². The van der Waals surface area contributed by atoms with E-state index in [1.165, 1.54) is 103 Å². The van der Waals surface area contributed by atoms with Crippen LogP contribution in [-0.4, -0.2) is 9.13 Å². The molecule has 4 nitrogen and oxygen atoms in total. The molecular formula is C40H58N2O2S2. The number of hydrogen-bond donors (Lipinski definition) is 0. The van der Waals surface area contributed by atoms with Crippen LogP contribution in [0.4, 0.5) is 0 Å². The van der Waals surface area contributed by atoms with Crippen LogP contribution in [0.2, 0.25) is 0 Å². The zero-order valence-corrected chi connectivity index (χ0v) is 30.3. The second-order valence-corrected chi connectivity index (χ2v) is 15.0. The molecule has 0 unspecified atom stereocenters. The first-order chi connectivity index (χ1) is 22.7. The number of pyridine rings is 2. The SMILES string of the molecule is CCCCCCCCCCCCn1c(-c2cccs2)cc2c(=O)n(CCCCCCCCCCCC)c(-c3cccs3)cc2c1=O. The van der Waals surface area contributed by atoms with Crippen molar-refractivity contribution in [3.63, 3.8) is 0 Å². The lowest BCUT2D eigenvalue weighted by Gasteiger charge is -2.17. The van der Waals surface area contributed by atoms with E-state index in [4.69, 9.17) is 0 Å². The van der Waals surface area contributed by atoms with Crippen molar-refractivity contribution in [1.29, 1.82) is 0 Å². The molecule has 0 aliphatic carbocycles. The van der Waals surface area contributed by atoms with Gasteiger partial charge in [-0.3, -0.25) is 9.59 Å². The van der Waals surface area contributed by atoms with E-state index in [0.717, 1.165) is 46.8 Å². The van der Waals surface area contributed by atoms with Gasteiger partial charge in [0.15, 0.2) is 0 Å². The summed E-state index contributed by atoms with van der Waals surface area (Å²) in [6.07, 6.45) is 25.3. The monoisotopic (exact) mass is 662 g/mol. The molecule has 0 atom stereocenters. The molecule has 0 N–H and O–H groups in total. The fourth-order valence-electron chi connectivity index (χ4n) is 6.66. The normalized spacial score (nSPS) is 11.6. The predicted octanol–water partition coefficient (Wildman–Crippen LogP) is 12.5. The van der Waals surface area contributed by atoms with Gasteiger partial charge in [-0.2, -0.15) is 0 Å². The molecule has 0 aromatic carbocycles. The largest absolute Gasteiger partial charge is 0.307 e. The highest BCUT2D eigenvalue weighted by Gasteiger charge is 2.18. The lowest BCUT2D eigenvalue weighted by molar-refractivity contribution is 0.531. The number of nitrogens with zero attached hydrogens (tertiary/aromatic N) is 2. The molecule has 0 spiro atoms. The quantitative estimate of drug-likeness (QED) is 0.0701. The predicted molar refractivity (Wildman–Crippen MR) is 203 cm³/mol. The Morgan fingerprint density at radius 2 is 0.804 bits per heavy atom. The van der Waals surface area contributed by atoms with Crippen molar-refractivity contribution >= 4 is 33.4 Å². The third kappa shape index (κ3) is 10.8. The van der Waals surface area contributed by atoms with Crippen molar-refractivity contribution in [2.24, 2.45) is 0 Å². The summed E-state index contributed by atoms with van der Waals surface area (Å²) >= 11 is 3.28. The zero-order chi connectivity index (χ0) is 32.4. The van der Waals surface area contributed by atoms with E-state index in [9.17, 15) is 9.59 Å². The Bertz CT molecular complexity index is 1400. The Hall–Kier alpha value is -2.44. The molecule has 6 heteroatoms. The molecule has 0 saturated heterocycles. The molecule has 0 radical (unpaired) electrons. The van der Waals surface area contributed by atoms with E-state index in [1.54, 1.807) is 22.7 Å². The minimum atomic E-state index is -0.0298. The van der Waals surface area contributed by atoms with E-state index in [1.807, 2.05) is 33.4 Å². The van der Waals surface area contributed by atoms with Gasteiger partial charge in [0.1, 0.15) is 0 Å². The lowest BCUT2D eigenvalue weighted by atomic mass is 10.1. The highest BCUT2D eigenvalue weighted by Crippen LogP contribution is 2.30. The van der Waals surface area contributed by atoms with Crippen LogP contribution in [0, 0.1) is 0 Å². The third-order valence-corrected chi connectivity index (χ3v) is 11.2. The Balaban J connectivity index is 1.48. The van der Waals surface area contributed by atoms with Crippen molar-refractivity contribution < 1.29 is 0 Å². The van der Waals surface area contributed by atoms with Crippen molar-refractivity contribution in [3.05, 3.63) is 67.9 Å². The van der Waals surface area contributed by atoms with Gasteiger partial charge in [0, 0.05) is 13.1 Å². The van der Waals surface area contributed by atoms with Gasteiger partial charge in [0.2, 0.25) is 0 Å². The molecule has 0 fully saturated rings. The summed E-state index contributed by atoms with van der Waals surface area (Å²) in [5.74, 6) is 0. The maximum Gasteiger partial charge on any atom is 0.259 e. The molecule has 0 bridgehead atoms. The van der Waals surface area contributed by atoms with Crippen molar-refractivity contribution in [2.75, 3.05) is 0 Å². The Kier molecular flexibility index (Phi) is 16.4. The van der Waals surface area contributed by atoms with Crippen LogP contribution >= 0.6 is 22.7 Å². The standard InChI is InChI=1S/C40H58N2O2S2/c1-3-5-7-9-11-13-15-17-19-21-27-41-35(37-25-23-29-45-37)31-34-33(39(41)43)32-36(38-26-24-30-46-38)42(40(34)44)28-22-20-18-16-14-12-10-8-6-4-2/h23-26,29-32H,3-22,27-28H2,1-2H3.